The minimum atomic E-state index is -2.03. The Morgan fingerprint density at radius 3 is 1.57 bits per heavy atom. The predicted molar refractivity (Wildman–Crippen MR) is 72.2 cm³/mol. The van der Waals surface area contributed by atoms with Crippen LogP contribution in [-0.2, 0) is 19.1 Å². The van der Waals surface area contributed by atoms with Crippen LogP contribution in [0.4, 0.5) is 0 Å². The largest absolute Gasteiger partial charge is 0.478 e. The number of hydrogen-bond acceptors (Lipinski definition) is 7. The van der Waals surface area contributed by atoms with Gasteiger partial charge in [-0.2, -0.15) is 0 Å². The summed E-state index contributed by atoms with van der Waals surface area (Å²) in [6.45, 7) is 2.53. The van der Waals surface area contributed by atoms with E-state index in [1.54, 1.807) is 4.98 Å². The summed E-state index contributed by atoms with van der Waals surface area (Å²) in [7, 11) is 0. The van der Waals surface area contributed by atoms with Gasteiger partial charge in [-0.25, -0.2) is 33.1 Å². The fourth-order valence-electron chi connectivity index (χ4n) is 1.74. The average molecular weight is 333 g/mol. The molecule has 0 radical (unpaired) electrons. The van der Waals surface area contributed by atoms with Gasteiger partial charge < -0.3 is 19.7 Å². The first-order chi connectivity index (χ1) is 10.8. The SMILES string of the molecule is CCOC(C(=O)O)n1c(=O)[nH]c(=O)n(C(OCC)C(=O)O)c1=O. The van der Waals surface area contributed by atoms with E-state index in [1.807, 2.05) is 0 Å². The topological polar surface area (TPSA) is 170 Å². The van der Waals surface area contributed by atoms with E-state index in [-0.39, 0.29) is 22.3 Å². The number of nitrogens with one attached hydrogen (secondary N) is 1. The van der Waals surface area contributed by atoms with Gasteiger partial charge in [0.05, 0.1) is 0 Å². The van der Waals surface area contributed by atoms with Crippen LogP contribution in [0.2, 0.25) is 0 Å². The van der Waals surface area contributed by atoms with E-state index in [9.17, 15) is 24.0 Å². The molecule has 2 atom stereocenters. The highest BCUT2D eigenvalue weighted by atomic mass is 16.5. The molecule has 0 aliphatic rings. The van der Waals surface area contributed by atoms with E-state index in [2.05, 4.69) is 0 Å². The number of rotatable bonds is 8. The number of aromatic nitrogens is 3. The van der Waals surface area contributed by atoms with Gasteiger partial charge in [0.15, 0.2) is 0 Å². The third-order valence-corrected chi connectivity index (χ3v) is 2.60. The summed E-state index contributed by atoms with van der Waals surface area (Å²) >= 11 is 0. The van der Waals surface area contributed by atoms with Gasteiger partial charge in [0.1, 0.15) is 0 Å². The van der Waals surface area contributed by atoms with Crippen molar-refractivity contribution in [1.82, 2.24) is 14.1 Å². The molecule has 3 N–H and O–H groups in total. The monoisotopic (exact) mass is 333 g/mol. The third-order valence-electron chi connectivity index (χ3n) is 2.60. The molecule has 2 unspecified atom stereocenters. The second kappa shape index (κ2) is 7.51. The van der Waals surface area contributed by atoms with Crippen molar-refractivity contribution in [2.75, 3.05) is 13.2 Å². The van der Waals surface area contributed by atoms with Gasteiger partial charge >= 0.3 is 29.0 Å². The van der Waals surface area contributed by atoms with E-state index >= 15 is 0 Å². The summed E-state index contributed by atoms with van der Waals surface area (Å²) in [6.07, 6.45) is -4.06. The molecule has 12 heteroatoms. The van der Waals surface area contributed by atoms with Crippen molar-refractivity contribution < 1.29 is 29.3 Å². The summed E-state index contributed by atoms with van der Waals surface area (Å²) in [5, 5.41) is 18.1. The normalized spacial score (nSPS) is 13.5. The van der Waals surface area contributed by atoms with E-state index in [0.29, 0.717) is 0 Å². The zero-order valence-electron chi connectivity index (χ0n) is 12.2. The van der Waals surface area contributed by atoms with E-state index in [4.69, 9.17) is 19.7 Å². The minimum Gasteiger partial charge on any atom is -0.478 e. The van der Waals surface area contributed by atoms with Crippen molar-refractivity contribution in [3.63, 3.8) is 0 Å². The van der Waals surface area contributed by atoms with Crippen molar-refractivity contribution in [2.24, 2.45) is 0 Å². The molecule has 128 valence electrons. The van der Waals surface area contributed by atoms with Crippen LogP contribution in [0.3, 0.4) is 0 Å². The second-order valence-corrected chi connectivity index (χ2v) is 4.05. The molecular weight excluding hydrogens is 318 g/mol. The Bertz CT molecular complexity index is 700. The molecule has 12 nitrogen and oxygen atoms in total. The van der Waals surface area contributed by atoms with Crippen molar-refractivity contribution in [3.8, 4) is 0 Å². The Morgan fingerprint density at radius 1 is 0.957 bits per heavy atom. The van der Waals surface area contributed by atoms with E-state index in [0.717, 1.165) is 0 Å². The molecule has 1 aromatic rings. The highest BCUT2D eigenvalue weighted by Crippen LogP contribution is 2.05. The lowest BCUT2D eigenvalue weighted by Crippen LogP contribution is -2.54. The summed E-state index contributed by atoms with van der Waals surface area (Å²) in [5.74, 6) is -3.35. The number of H-pyrrole nitrogens is 1. The van der Waals surface area contributed by atoms with Gasteiger partial charge in [-0.1, -0.05) is 0 Å². The summed E-state index contributed by atoms with van der Waals surface area (Å²) in [6, 6.07) is 0. The first kappa shape index (κ1) is 18.3. The summed E-state index contributed by atoms with van der Waals surface area (Å²) in [5.41, 5.74) is -4.18. The molecule has 0 bridgehead atoms. The van der Waals surface area contributed by atoms with Crippen LogP contribution in [0.1, 0.15) is 26.3 Å². The van der Waals surface area contributed by atoms with Gasteiger partial charge in [-0.15, -0.1) is 0 Å². The van der Waals surface area contributed by atoms with Crippen molar-refractivity contribution in [1.29, 1.82) is 0 Å². The molecule has 0 aromatic carbocycles. The average Bonchev–Trinajstić information content (AvgIpc) is 2.44. The van der Waals surface area contributed by atoms with Crippen LogP contribution in [0.25, 0.3) is 0 Å². The Hall–Kier alpha value is -2.73. The number of carboxylic acids is 2. The molecule has 1 rings (SSSR count). The zero-order valence-corrected chi connectivity index (χ0v) is 12.2. The van der Waals surface area contributed by atoms with Crippen LogP contribution in [0.5, 0.6) is 0 Å². The molecule has 1 heterocycles. The Balaban J connectivity index is 3.70. The first-order valence-electron chi connectivity index (χ1n) is 6.42. The first-order valence-corrected chi connectivity index (χ1v) is 6.42. The van der Waals surface area contributed by atoms with Gasteiger partial charge in [0, 0.05) is 13.2 Å². The number of hydrogen-bond donors (Lipinski definition) is 3. The number of aromatic amines is 1. The third kappa shape index (κ3) is 3.73. The number of carbonyl (C=O) groups is 2. The molecular formula is C11H15N3O9. The number of nitrogens with zero attached hydrogens (tertiary/aromatic N) is 2. The maximum absolute atomic E-state index is 12.3. The number of carboxylic acid groups (broad SMARTS) is 2. The van der Waals surface area contributed by atoms with Crippen molar-refractivity contribution in [3.05, 3.63) is 31.5 Å². The lowest BCUT2D eigenvalue weighted by Gasteiger charge is -2.18. The van der Waals surface area contributed by atoms with Crippen LogP contribution in [-0.4, -0.2) is 49.5 Å². The van der Waals surface area contributed by atoms with E-state index in [1.165, 1.54) is 13.8 Å². The summed E-state index contributed by atoms with van der Waals surface area (Å²) in [4.78, 5) is 59.7. The van der Waals surface area contributed by atoms with Gasteiger partial charge in [-0.3, -0.25) is 4.98 Å². The maximum Gasteiger partial charge on any atom is 0.354 e. The van der Waals surface area contributed by atoms with Gasteiger partial charge in [0.2, 0.25) is 12.5 Å². The fourth-order valence-corrected chi connectivity index (χ4v) is 1.74. The van der Waals surface area contributed by atoms with Crippen LogP contribution in [0.15, 0.2) is 14.4 Å². The Kier molecular flexibility index (Phi) is 5.98. The second-order valence-electron chi connectivity index (χ2n) is 4.05. The highest BCUT2D eigenvalue weighted by molar-refractivity contribution is 5.71. The molecule has 0 fully saturated rings. The molecule has 0 saturated heterocycles. The smallest absolute Gasteiger partial charge is 0.354 e. The fraction of sp³-hybridized carbons (Fsp3) is 0.545. The molecule has 23 heavy (non-hydrogen) atoms. The molecule has 0 aliphatic heterocycles. The predicted octanol–water partition coefficient (Wildman–Crippen LogP) is -2.06. The minimum absolute atomic E-state index is 0.0855. The zero-order chi connectivity index (χ0) is 17.7. The van der Waals surface area contributed by atoms with Crippen molar-refractivity contribution in [2.45, 2.75) is 26.3 Å². The molecule has 0 spiro atoms. The highest BCUT2D eigenvalue weighted by Gasteiger charge is 2.30. The maximum atomic E-state index is 12.3. The molecule has 0 saturated carbocycles. The standard InChI is InChI=1S/C11H15N3O9/c1-3-22-5(7(15)16)13-9(19)12-10(20)14(11(13)21)6(8(17)18)23-4-2/h5-6H,3-4H2,1-2H3,(H,15,16)(H,17,18)(H,12,19,20). The van der Waals surface area contributed by atoms with Crippen molar-refractivity contribution >= 4 is 11.9 Å². The lowest BCUT2D eigenvalue weighted by molar-refractivity contribution is -0.159. The van der Waals surface area contributed by atoms with Crippen LogP contribution in [0, 0.1) is 0 Å². The number of aliphatic carboxylic acids is 2. The lowest BCUT2D eigenvalue weighted by atomic mass is 10.5. The van der Waals surface area contributed by atoms with Gasteiger partial charge in [0.25, 0.3) is 0 Å². The van der Waals surface area contributed by atoms with E-state index < -0.39 is 41.5 Å². The quantitative estimate of drug-likeness (QED) is 0.484. The van der Waals surface area contributed by atoms with Crippen LogP contribution >= 0.6 is 0 Å². The van der Waals surface area contributed by atoms with Gasteiger partial charge in [-0.05, 0) is 13.8 Å². The summed E-state index contributed by atoms with van der Waals surface area (Å²) < 4.78 is 9.74. The Morgan fingerprint density at radius 2 is 1.30 bits per heavy atom. The number of ether oxygens (including phenoxy) is 2. The molecule has 1 aromatic heterocycles. The molecule has 0 aliphatic carbocycles. The Labute approximate surface area is 127 Å². The van der Waals surface area contributed by atoms with Crippen LogP contribution < -0.4 is 17.1 Å². The molecule has 0 amide bonds.